The second-order valence-corrected chi connectivity index (χ2v) is 6.51. The number of hydrogen-bond acceptors (Lipinski definition) is 5. The van der Waals surface area contributed by atoms with Crippen molar-refractivity contribution in [1.82, 2.24) is 15.0 Å². The first-order valence-corrected chi connectivity index (χ1v) is 9.04. The van der Waals surface area contributed by atoms with Crippen molar-refractivity contribution in [3.63, 3.8) is 0 Å². The molecule has 2 aromatic heterocycles. The van der Waals surface area contributed by atoms with E-state index in [0.717, 1.165) is 11.3 Å². The van der Waals surface area contributed by atoms with Gasteiger partial charge >= 0.3 is 10.1 Å². The van der Waals surface area contributed by atoms with E-state index < -0.39 is 15.3 Å². The summed E-state index contributed by atoms with van der Waals surface area (Å²) in [6.07, 6.45) is 4.37. The molecule has 139 valence electrons. The van der Waals surface area contributed by atoms with E-state index in [-0.39, 0.29) is 20.1 Å². The van der Waals surface area contributed by atoms with Gasteiger partial charge in [-0.1, -0.05) is 30.3 Å². The molecule has 1 N–H and O–H groups in total. The van der Waals surface area contributed by atoms with Gasteiger partial charge in [-0.25, -0.2) is 9.97 Å². The smallest absolute Gasteiger partial charge is 0.304 e. The Morgan fingerprint density at radius 1 is 0.852 bits per heavy atom. The summed E-state index contributed by atoms with van der Waals surface area (Å²) in [6.45, 7) is 0. The van der Waals surface area contributed by atoms with Gasteiger partial charge in [0.25, 0.3) is 5.16 Å². The van der Waals surface area contributed by atoms with Crippen LogP contribution in [0.5, 0.6) is 0 Å². The molecule has 0 fully saturated rings. The summed E-state index contributed by atoms with van der Waals surface area (Å²) in [7, 11) is -4.23. The van der Waals surface area contributed by atoms with Gasteiger partial charge in [-0.2, -0.15) is 8.42 Å². The molecule has 2 aromatic carbocycles. The maximum absolute atomic E-state index is 10.3. The molecular weight excluding hydrogens is 543 g/mol. The monoisotopic (exact) mass is 557 g/mol. The molecule has 4 rings (SSSR count). The van der Waals surface area contributed by atoms with Gasteiger partial charge in [-0.05, 0) is 22.5 Å². The van der Waals surface area contributed by atoms with Gasteiger partial charge in [0.2, 0.25) is 0 Å². The molecule has 0 aliphatic carbocycles. The van der Waals surface area contributed by atoms with Crippen LogP contribution in [0.1, 0.15) is 0 Å². The Balaban J connectivity index is 0.000000208. The maximum Gasteiger partial charge on any atom is 0.330 e. The molecule has 1 radical (unpaired) electrons. The first-order valence-electron chi connectivity index (χ1n) is 7.60. The van der Waals surface area contributed by atoms with Crippen molar-refractivity contribution in [2.24, 2.45) is 0 Å². The van der Waals surface area contributed by atoms with Crippen LogP contribution in [0.3, 0.4) is 0 Å². The third-order valence-electron chi connectivity index (χ3n) is 3.39. The number of fused-ring (bicyclic) bond motifs is 1. The molecule has 0 amide bonds. The van der Waals surface area contributed by atoms with Crippen molar-refractivity contribution < 1.29 is 33.1 Å². The summed E-state index contributed by atoms with van der Waals surface area (Å²) < 4.78 is 28.9. The number of rotatable bonds is 2. The van der Waals surface area contributed by atoms with E-state index in [1.807, 2.05) is 42.6 Å². The number of hydrogen-bond donors (Lipinski definition) is 1. The van der Waals surface area contributed by atoms with Crippen LogP contribution >= 0.6 is 0 Å². The van der Waals surface area contributed by atoms with Gasteiger partial charge in [-0.15, -0.1) is 35.9 Å². The zero-order chi connectivity index (χ0) is 18.4. The Hall–Kier alpha value is -2.51. The van der Waals surface area contributed by atoms with E-state index in [9.17, 15) is 8.42 Å². The van der Waals surface area contributed by atoms with Crippen molar-refractivity contribution >= 4 is 20.9 Å². The standard InChI is InChI=1S/C15H10N.C4H4N2O3S.Ir/c1-2-6-12(7-3-1)15-10-13-8-4-5-9-14(13)11-16-15;7-10(8,9)4-5-2-1-3-6-4;/h1-6,8-11H;1-3H,(H,7,8,9);/q-1;;. The average Bonchev–Trinajstić information content (AvgIpc) is 2.69. The predicted molar refractivity (Wildman–Crippen MR) is 97.9 cm³/mol. The van der Waals surface area contributed by atoms with E-state index in [1.54, 1.807) is 0 Å². The Morgan fingerprint density at radius 2 is 1.52 bits per heavy atom. The number of nitrogens with zero attached hydrogens (tertiary/aromatic N) is 3. The third-order valence-corrected chi connectivity index (χ3v) is 4.06. The minimum Gasteiger partial charge on any atom is -0.304 e. The van der Waals surface area contributed by atoms with Crippen molar-refractivity contribution in [2.45, 2.75) is 5.16 Å². The fourth-order valence-electron chi connectivity index (χ4n) is 2.20. The molecule has 0 aliphatic rings. The average molecular weight is 557 g/mol. The SMILES string of the molecule is O=S(=O)(O)c1ncccn1.[Ir].[c-]1ccccc1-c1cc2ccccc2cn1. The Bertz CT molecular complexity index is 1110. The summed E-state index contributed by atoms with van der Waals surface area (Å²) in [5, 5.41) is 1.81. The quantitative estimate of drug-likeness (QED) is 0.231. The Kier molecular flexibility index (Phi) is 7.27. The normalized spacial score (nSPS) is 10.4. The van der Waals surface area contributed by atoms with E-state index in [2.05, 4.69) is 39.2 Å². The minimum absolute atomic E-state index is 0. The summed E-state index contributed by atoms with van der Waals surface area (Å²) in [5.41, 5.74) is 2.01. The first-order chi connectivity index (χ1) is 12.5. The van der Waals surface area contributed by atoms with Gasteiger partial charge in [0.15, 0.2) is 0 Å². The first kappa shape index (κ1) is 20.8. The molecular formula is C19H14IrN3O3S-. The number of pyridine rings is 1. The summed E-state index contributed by atoms with van der Waals surface area (Å²) in [5.74, 6) is 0. The van der Waals surface area contributed by atoms with Gasteiger partial charge in [-0.3, -0.25) is 4.55 Å². The van der Waals surface area contributed by atoms with Crippen LogP contribution in [-0.4, -0.2) is 27.9 Å². The van der Waals surface area contributed by atoms with Crippen LogP contribution in [-0.2, 0) is 30.2 Å². The van der Waals surface area contributed by atoms with Gasteiger partial charge in [0.1, 0.15) is 0 Å². The van der Waals surface area contributed by atoms with E-state index in [1.165, 1.54) is 29.2 Å². The van der Waals surface area contributed by atoms with Crippen molar-refractivity contribution in [2.75, 3.05) is 0 Å². The molecule has 0 saturated carbocycles. The molecule has 6 nitrogen and oxygen atoms in total. The summed E-state index contributed by atoms with van der Waals surface area (Å²) in [4.78, 5) is 11.0. The molecule has 0 atom stereocenters. The van der Waals surface area contributed by atoms with E-state index in [4.69, 9.17) is 4.55 Å². The topological polar surface area (TPSA) is 93.0 Å². The third kappa shape index (κ3) is 5.74. The molecule has 0 saturated heterocycles. The maximum atomic E-state index is 10.3. The van der Waals surface area contributed by atoms with E-state index in [0.29, 0.717) is 0 Å². The Morgan fingerprint density at radius 3 is 2.11 bits per heavy atom. The molecule has 0 bridgehead atoms. The van der Waals surface area contributed by atoms with Gasteiger partial charge in [0.05, 0.1) is 0 Å². The van der Waals surface area contributed by atoms with Crippen LogP contribution in [0.25, 0.3) is 22.0 Å². The van der Waals surface area contributed by atoms with Crippen LogP contribution in [0.2, 0.25) is 0 Å². The van der Waals surface area contributed by atoms with Crippen molar-refractivity contribution in [1.29, 1.82) is 0 Å². The van der Waals surface area contributed by atoms with Crippen molar-refractivity contribution in [3.05, 3.63) is 85.3 Å². The van der Waals surface area contributed by atoms with Crippen LogP contribution in [0, 0.1) is 6.07 Å². The Labute approximate surface area is 170 Å². The zero-order valence-electron chi connectivity index (χ0n) is 13.9. The minimum atomic E-state index is -4.23. The molecule has 0 unspecified atom stereocenters. The molecule has 0 spiro atoms. The van der Waals surface area contributed by atoms with Gasteiger partial charge in [0, 0.05) is 38.7 Å². The molecule has 8 heteroatoms. The fourth-order valence-corrected chi connectivity index (χ4v) is 2.59. The second kappa shape index (κ2) is 9.43. The van der Waals surface area contributed by atoms with Crippen LogP contribution < -0.4 is 0 Å². The largest absolute Gasteiger partial charge is 0.330 e. The molecule has 2 heterocycles. The summed E-state index contributed by atoms with van der Waals surface area (Å²) >= 11 is 0. The van der Waals surface area contributed by atoms with Crippen LogP contribution in [0.4, 0.5) is 0 Å². The second-order valence-electron chi connectivity index (χ2n) is 5.20. The predicted octanol–water partition coefficient (Wildman–Crippen LogP) is 3.42. The van der Waals surface area contributed by atoms with Crippen molar-refractivity contribution in [3.8, 4) is 11.3 Å². The molecule has 4 aromatic rings. The molecule has 27 heavy (non-hydrogen) atoms. The van der Waals surface area contributed by atoms with E-state index >= 15 is 0 Å². The summed E-state index contributed by atoms with van der Waals surface area (Å²) in [6, 6.07) is 22.9. The number of benzene rings is 2. The number of aromatic nitrogens is 3. The molecule has 0 aliphatic heterocycles. The zero-order valence-corrected chi connectivity index (χ0v) is 17.1. The van der Waals surface area contributed by atoms with Gasteiger partial charge < -0.3 is 4.98 Å². The van der Waals surface area contributed by atoms with Crippen LogP contribution in [0.15, 0.2) is 84.4 Å². The fraction of sp³-hybridized carbons (Fsp3) is 0.